The van der Waals surface area contributed by atoms with Crippen molar-refractivity contribution in [2.45, 2.75) is 6.92 Å². The molecule has 9 heteroatoms. The van der Waals surface area contributed by atoms with Crippen molar-refractivity contribution in [1.82, 2.24) is 5.43 Å². The molecule has 0 unspecified atom stereocenters. The van der Waals surface area contributed by atoms with Crippen LogP contribution in [-0.2, 0) is 0 Å². The summed E-state index contributed by atoms with van der Waals surface area (Å²) in [5, 5.41) is 3.08. The average Bonchev–Trinajstić information content (AvgIpc) is 2.31. The van der Waals surface area contributed by atoms with Crippen LogP contribution in [0.4, 0.5) is 26.7 Å². The summed E-state index contributed by atoms with van der Waals surface area (Å²) in [7, 11) is 0. The van der Waals surface area contributed by atoms with Gasteiger partial charge in [0.05, 0.1) is 11.3 Å². The molecular weight excluding hydrogens is 261 g/mol. The minimum atomic E-state index is -2.27. The standard InChI is InChI=1S/C9H6F5N3O/c1-2(16-17-9(15)18)3-4(10)6(12)8(14)7(13)5(3)11/h1H3,(H3,15,17,18)/b16-2-. The Morgan fingerprint density at radius 3 is 1.78 bits per heavy atom. The van der Waals surface area contributed by atoms with Crippen LogP contribution in [0.25, 0.3) is 0 Å². The first-order valence-corrected chi connectivity index (χ1v) is 4.38. The Bertz CT molecular complexity index is 514. The number of rotatable bonds is 2. The van der Waals surface area contributed by atoms with Crippen molar-refractivity contribution in [3.05, 3.63) is 34.6 Å². The zero-order valence-electron chi connectivity index (χ0n) is 8.82. The van der Waals surface area contributed by atoms with Gasteiger partial charge in [-0.3, -0.25) is 0 Å². The predicted molar refractivity (Wildman–Crippen MR) is 51.2 cm³/mol. The lowest BCUT2D eigenvalue weighted by atomic mass is 10.1. The molecule has 0 aliphatic rings. The molecule has 2 amide bonds. The van der Waals surface area contributed by atoms with Crippen LogP contribution in [0, 0.1) is 29.1 Å². The highest BCUT2D eigenvalue weighted by Crippen LogP contribution is 2.23. The first-order valence-electron chi connectivity index (χ1n) is 4.38. The fourth-order valence-electron chi connectivity index (χ4n) is 1.12. The number of urea groups is 1. The Labute approximate surface area is 97.3 Å². The van der Waals surface area contributed by atoms with E-state index in [1.165, 1.54) is 0 Å². The number of hydrazone groups is 1. The quantitative estimate of drug-likeness (QED) is 0.277. The maximum Gasteiger partial charge on any atom is 0.332 e. The van der Waals surface area contributed by atoms with Gasteiger partial charge in [0.1, 0.15) is 0 Å². The van der Waals surface area contributed by atoms with E-state index in [1.807, 2.05) is 0 Å². The molecule has 1 rings (SSSR count). The van der Waals surface area contributed by atoms with E-state index < -0.39 is 46.4 Å². The molecule has 0 aliphatic carbocycles. The van der Waals surface area contributed by atoms with E-state index in [4.69, 9.17) is 0 Å². The van der Waals surface area contributed by atoms with Crippen molar-refractivity contribution in [2.24, 2.45) is 10.8 Å². The number of halogens is 5. The van der Waals surface area contributed by atoms with E-state index in [9.17, 15) is 26.7 Å². The highest BCUT2D eigenvalue weighted by atomic mass is 19.2. The number of nitrogens with two attached hydrogens (primary N) is 1. The van der Waals surface area contributed by atoms with Gasteiger partial charge in [-0.2, -0.15) is 5.10 Å². The summed E-state index contributed by atoms with van der Waals surface area (Å²) in [6, 6.07) is -1.15. The first-order chi connectivity index (χ1) is 8.27. The van der Waals surface area contributed by atoms with Crippen LogP contribution in [0.3, 0.4) is 0 Å². The third-order valence-corrected chi connectivity index (χ3v) is 1.91. The lowest BCUT2D eigenvalue weighted by Crippen LogP contribution is -2.26. The number of hydrogen-bond acceptors (Lipinski definition) is 2. The van der Waals surface area contributed by atoms with Gasteiger partial charge >= 0.3 is 6.03 Å². The summed E-state index contributed by atoms with van der Waals surface area (Å²) >= 11 is 0. The molecule has 0 fully saturated rings. The molecule has 98 valence electrons. The van der Waals surface area contributed by atoms with Crippen LogP contribution >= 0.6 is 0 Å². The van der Waals surface area contributed by atoms with Crippen LogP contribution in [0.2, 0.25) is 0 Å². The number of hydrogen-bond donors (Lipinski definition) is 2. The summed E-state index contributed by atoms with van der Waals surface area (Å²) in [6.45, 7) is 0.939. The van der Waals surface area contributed by atoms with Gasteiger partial charge in [0.2, 0.25) is 5.82 Å². The first kappa shape index (κ1) is 13.9. The molecular formula is C9H6F5N3O. The minimum absolute atomic E-state index is 0.624. The average molecular weight is 267 g/mol. The minimum Gasteiger partial charge on any atom is -0.350 e. The topological polar surface area (TPSA) is 67.5 Å². The predicted octanol–water partition coefficient (Wildman–Crippen LogP) is 1.77. The third kappa shape index (κ3) is 2.39. The number of benzene rings is 1. The molecule has 0 spiro atoms. The number of carbonyl (C=O) groups excluding carboxylic acids is 1. The van der Waals surface area contributed by atoms with Crippen LogP contribution in [0.1, 0.15) is 12.5 Å². The number of nitrogens with one attached hydrogen (secondary N) is 1. The Morgan fingerprint density at radius 2 is 1.39 bits per heavy atom. The molecule has 0 heterocycles. The highest BCUT2D eigenvalue weighted by molar-refractivity contribution is 5.99. The van der Waals surface area contributed by atoms with Crippen LogP contribution in [0.5, 0.6) is 0 Å². The van der Waals surface area contributed by atoms with Crippen molar-refractivity contribution >= 4 is 11.7 Å². The van der Waals surface area contributed by atoms with Crippen LogP contribution in [0.15, 0.2) is 5.10 Å². The monoisotopic (exact) mass is 267 g/mol. The van der Waals surface area contributed by atoms with Crippen molar-refractivity contribution < 1.29 is 26.7 Å². The Morgan fingerprint density at radius 1 is 1.00 bits per heavy atom. The number of nitrogens with zero attached hydrogens (tertiary/aromatic N) is 1. The maximum absolute atomic E-state index is 13.2. The number of primary amides is 1. The molecule has 0 aliphatic heterocycles. The van der Waals surface area contributed by atoms with Crippen molar-refractivity contribution in [1.29, 1.82) is 0 Å². The molecule has 0 bridgehead atoms. The van der Waals surface area contributed by atoms with Gasteiger partial charge in [0.15, 0.2) is 23.3 Å². The molecule has 0 atom stereocenters. The van der Waals surface area contributed by atoms with Crippen LogP contribution in [-0.4, -0.2) is 11.7 Å². The van der Waals surface area contributed by atoms with Crippen LogP contribution < -0.4 is 11.2 Å². The Balaban J connectivity index is 3.42. The number of carbonyl (C=O) groups is 1. The molecule has 4 nitrogen and oxygen atoms in total. The van der Waals surface area contributed by atoms with Crippen molar-refractivity contribution in [2.75, 3.05) is 0 Å². The maximum atomic E-state index is 13.2. The Kier molecular flexibility index (Phi) is 3.84. The summed E-state index contributed by atoms with van der Waals surface area (Å²) in [5.41, 5.74) is 4.37. The Hall–Kier alpha value is -2.19. The zero-order valence-corrected chi connectivity index (χ0v) is 8.82. The van der Waals surface area contributed by atoms with E-state index in [0.29, 0.717) is 0 Å². The molecule has 3 N–H and O–H groups in total. The third-order valence-electron chi connectivity index (χ3n) is 1.91. The second-order valence-electron chi connectivity index (χ2n) is 3.12. The van der Waals surface area contributed by atoms with Gasteiger partial charge in [-0.05, 0) is 6.92 Å². The van der Waals surface area contributed by atoms with Gasteiger partial charge in [-0.25, -0.2) is 32.2 Å². The summed E-state index contributed by atoms with van der Waals surface area (Å²) in [6.07, 6.45) is 0. The summed E-state index contributed by atoms with van der Waals surface area (Å²) in [5.74, 6) is -10.6. The van der Waals surface area contributed by atoms with Gasteiger partial charge < -0.3 is 5.73 Å². The fraction of sp³-hybridized carbons (Fsp3) is 0.111. The molecule has 0 radical (unpaired) electrons. The van der Waals surface area contributed by atoms with Crippen molar-refractivity contribution in [3.63, 3.8) is 0 Å². The highest BCUT2D eigenvalue weighted by Gasteiger charge is 2.27. The lowest BCUT2D eigenvalue weighted by molar-refractivity contribution is 0.249. The molecule has 0 saturated heterocycles. The number of amides is 2. The van der Waals surface area contributed by atoms with E-state index in [2.05, 4.69) is 10.8 Å². The largest absolute Gasteiger partial charge is 0.350 e. The van der Waals surface area contributed by atoms with Gasteiger partial charge in [0.25, 0.3) is 0 Å². The summed E-state index contributed by atoms with van der Waals surface area (Å²) in [4.78, 5) is 10.3. The smallest absolute Gasteiger partial charge is 0.332 e. The van der Waals surface area contributed by atoms with E-state index in [1.54, 1.807) is 5.43 Å². The molecule has 0 aromatic heterocycles. The molecule has 1 aromatic carbocycles. The normalized spacial score (nSPS) is 11.6. The SMILES string of the molecule is C/C(=N/NC(N)=O)c1c(F)c(F)c(F)c(F)c1F. The molecule has 0 saturated carbocycles. The van der Waals surface area contributed by atoms with E-state index in [0.717, 1.165) is 6.92 Å². The van der Waals surface area contributed by atoms with Gasteiger partial charge in [0, 0.05) is 0 Å². The fourth-order valence-corrected chi connectivity index (χ4v) is 1.12. The molecule has 18 heavy (non-hydrogen) atoms. The second kappa shape index (κ2) is 4.98. The zero-order chi connectivity index (χ0) is 14.0. The van der Waals surface area contributed by atoms with E-state index >= 15 is 0 Å². The summed E-state index contributed by atoms with van der Waals surface area (Å²) < 4.78 is 64.8. The lowest BCUT2D eigenvalue weighted by Gasteiger charge is -2.07. The van der Waals surface area contributed by atoms with Gasteiger partial charge in [-0.15, -0.1) is 0 Å². The van der Waals surface area contributed by atoms with Crippen molar-refractivity contribution in [3.8, 4) is 0 Å². The van der Waals surface area contributed by atoms with Gasteiger partial charge in [-0.1, -0.05) is 0 Å². The van der Waals surface area contributed by atoms with E-state index in [-0.39, 0.29) is 0 Å². The molecule has 1 aromatic rings. The second-order valence-corrected chi connectivity index (χ2v) is 3.12.